The van der Waals surface area contributed by atoms with Gasteiger partial charge in [0.15, 0.2) is 0 Å². The van der Waals surface area contributed by atoms with Crippen LogP contribution in [-0.4, -0.2) is 35.9 Å². The molecule has 0 aromatic heterocycles. The average molecular weight is 313 g/mol. The van der Waals surface area contributed by atoms with Crippen LogP contribution in [0.2, 0.25) is 0 Å². The third-order valence-electron chi connectivity index (χ3n) is 4.48. The summed E-state index contributed by atoms with van der Waals surface area (Å²) in [5.41, 5.74) is 0.341. The summed E-state index contributed by atoms with van der Waals surface area (Å²) in [5, 5.41) is 9.21. The van der Waals surface area contributed by atoms with E-state index in [2.05, 4.69) is 0 Å². The number of carboxylic acid groups (broad SMARTS) is 1. The molecular formula is C14H16FNO4S. The van der Waals surface area contributed by atoms with Crippen molar-refractivity contribution >= 4 is 16.0 Å². The molecule has 3 rings (SSSR count). The predicted octanol–water partition coefficient (Wildman–Crippen LogP) is 1.76. The number of nitrogens with zero attached hydrogens (tertiary/aromatic N) is 1. The Morgan fingerprint density at radius 1 is 1.38 bits per heavy atom. The van der Waals surface area contributed by atoms with Crippen LogP contribution >= 0.6 is 0 Å². The Bertz CT molecular complexity index is 703. The lowest BCUT2D eigenvalue weighted by Crippen LogP contribution is -2.38. The summed E-state index contributed by atoms with van der Waals surface area (Å²) < 4.78 is 40.1. The van der Waals surface area contributed by atoms with Crippen LogP contribution in [0.4, 0.5) is 4.39 Å². The van der Waals surface area contributed by atoms with Crippen molar-refractivity contribution in [1.29, 1.82) is 0 Å². The lowest BCUT2D eigenvalue weighted by Gasteiger charge is -2.23. The first-order valence-corrected chi connectivity index (χ1v) is 8.29. The minimum Gasteiger partial charge on any atom is -0.481 e. The van der Waals surface area contributed by atoms with E-state index in [1.807, 2.05) is 0 Å². The van der Waals surface area contributed by atoms with Gasteiger partial charge in [0, 0.05) is 12.1 Å². The Labute approximate surface area is 122 Å². The van der Waals surface area contributed by atoms with Crippen LogP contribution in [0.15, 0.2) is 23.1 Å². The van der Waals surface area contributed by atoms with E-state index in [0.717, 1.165) is 6.07 Å². The van der Waals surface area contributed by atoms with Gasteiger partial charge in [-0.25, -0.2) is 12.8 Å². The highest BCUT2D eigenvalue weighted by molar-refractivity contribution is 7.89. The molecule has 2 saturated heterocycles. The van der Waals surface area contributed by atoms with Crippen molar-refractivity contribution in [3.63, 3.8) is 0 Å². The monoisotopic (exact) mass is 313 g/mol. The van der Waals surface area contributed by atoms with Gasteiger partial charge in [-0.2, -0.15) is 4.31 Å². The van der Waals surface area contributed by atoms with E-state index in [-0.39, 0.29) is 10.9 Å². The first-order valence-electron chi connectivity index (χ1n) is 6.85. The van der Waals surface area contributed by atoms with Crippen LogP contribution in [0.5, 0.6) is 0 Å². The van der Waals surface area contributed by atoms with Gasteiger partial charge in [-0.3, -0.25) is 4.79 Å². The summed E-state index contributed by atoms with van der Waals surface area (Å²) in [6.45, 7) is 1.54. The largest absolute Gasteiger partial charge is 0.481 e. The molecule has 0 aliphatic carbocycles. The van der Waals surface area contributed by atoms with Crippen LogP contribution < -0.4 is 0 Å². The fourth-order valence-corrected chi connectivity index (χ4v) is 5.72. The maximum atomic E-state index is 13.2. The number of carbonyl (C=O) groups is 1. The zero-order valence-electron chi connectivity index (χ0n) is 11.5. The number of aryl methyl sites for hydroxylation is 1. The molecular weight excluding hydrogens is 297 g/mol. The van der Waals surface area contributed by atoms with Crippen LogP contribution in [0, 0.1) is 18.7 Å². The molecule has 2 heterocycles. The summed E-state index contributed by atoms with van der Waals surface area (Å²) in [6, 6.07) is 2.81. The number of hydrogen-bond donors (Lipinski definition) is 1. The lowest BCUT2D eigenvalue weighted by atomic mass is 9.89. The third kappa shape index (κ3) is 2.15. The summed E-state index contributed by atoms with van der Waals surface area (Å²) in [6.07, 6.45) is 1.62. The molecule has 2 aliphatic heterocycles. The van der Waals surface area contributed by atoms with Gasteiger partial charge in [0.2, 0.25) is 10.0 Å². The maximum Gasteiger partial charge on any atom is 0.308 e. The Morgan fingerprint density at radius 3 is 2.67 bits per heavy atom. The van der Waals surface area contributed by atoms with E-state index in [4.69, 9.17) is 0 Å². The first kappa shape index (κ1) is 14.5. The number of sulfonamides is 1. The fourth-order valence-electron chi connectivity index (χ4n) is 3.59. The molecule has 5 nitrogen and oxygen atoms in total. The molecule has 0 spiro atoms. The van der Waals surface area contributed by atoms with Crippen molar-refractivity contribution in [2.75, 3.05) is 0 Å². The molecule has 1 aromatic carbocycles. The highest BCUT2D eigenvalue weighted by Gasteiger charge is 2.54. The second kappa shape index (κ2) is 4.78. The van der Waals surface area contributed by atoms with Crippen molar-refractivity contribution in [2.24, 2.45) is 5.92 Å². The number of rotatable bonds is 3. The predicted molar refractivity (Wildman–Crippen MR) is 72.7 cm³/mol. The summed E-state index contributed by atoms with van der Waals surface area (Å²) >= 11 is 0. The number of aliphatic carboxylic acids is 1. The minimum atomic E-state index is -3.79. The van der Waals surface area contributed by atoms with E-state index >= 15 is 0 Å². The normalized spacial score (nSPS) is 29.0. The molecule has 1 aromatic rings. The van der Waals surface area contributed by atoms with Crippen LogP contribution in [0.25, 0.3) is 0 Å². The molecule has 1 N–H and O–H groups in total. The zero-order chi connectivity index (χ0) is 15.4. The maximum absolute atomic E-state index is 13.2. The van der Waals surface area contributed by atoms with Gasteiger partial charge < -0.3 is 5.11 Å². The van der Waals surface area contributed by atoms with Crippen molar-refractivity contribution in [1.82, 2.24) is 4.31 Å². The molecule has 0 amide bonds. The second-order valence-corrected chi connectivity index (χ2v) is 7.54. The number of carboxylic acids is 1. The van der Waals surface area contributed by atoms with E-state index in [1.54, 1.807) is 6.92 Å². The Balaban J connectivity index is 2.02. The van der Waals surface area contributed by atoms with Crippen LogP contribution in [-0.2, 0) is 14.8 Å². The molecule has 21 heavy (non-hydrogen) atoms. The smallest absolute Gasteiger partial charge is 0.308 e. The summed E-state index contributed by atoms with van der Waals surface area (Å²) in [7, 11) is -3.79. The SMILES string of the molecule is Cc1cc(F)ccc1S(=O)(=O)N1C2CCC1C(C(=O)O)C2. The van der Waals surface area contributed by atoms with Gasteiger partial charge >= 0.3 is 5.97 Å². The molecule has 114 valence electrons. The molecule has 2 aliphatic rings. The first-order chi connectivity index (χ1) is 9.82. The standard InChI is InChI=1S/C14H16FNO4S/c1-8-6-9(15)2-5-13(8)21(19,20)16-10-3-4-12(16)11(7-10)14(17)18/h2,5-6,10-12H,3-4,7H2,1H3,(H,17,18). The summed E-state index contributed by atoms with van der Waals surface area (Å²) in [5.74, 6) is -2.07. The number of benzene rings is 1. The summed E-state index contributed by atoms with van der Waals surface area (Å²) in [4.78, 5) is 11.3. The van der Waals surface area contributed by atoms with Crippen molar-refractivity contribution < 1.29 is 22.7 Å². The Hall–Kier alpha value is -1.47. The molecule has 2 bridgehead atoms. The van der Waals surface area contributed by atoms with Crippen molar-refractivity contribution in [3.05, 3.63) is 29.6 Å². The number of fused-ring (bicyclic) bond motifs is 2. The second-order valence-electron chi connectivity index (χ2n) is 5.72. The molecule has 0 radical (unpaired) electrons. The van der Waals surface area contributed by atoms with Crippen molar-refractivity contribution in [3.8, 4) is 0 Å². The highest BCUT2D eigenvalue weighted by atomic mass is 32.2. The van der Waals surface area contributed by atoms with Gasteiger partial charge in [0.1, 0.15) is 5.82 Å². The fraction of sp³-hybridized carbons (Fsp3) is 0.500. The van der Waals surface area contributed by atoms with Gasteiger partial charge in [-0.15, -0.1) is 0 Å². The van der Waals surface area contributed by atoms with Gasteiger partial charge in [-0.1, -0.05) is 0 Å². The number of hydrogen-bond acceptors (Lipinski definition) is 3. The Morgan fingerprint density at radius 2 is 2.10 bits per heavy atom. The lowest BCUT2D eigenvalue weighted by molar-refractivity contribution is -0.142. The van der Waals surface area contributed by atoms with Gasteiger partial charge in [-0.05, 0) is 49.9 Å². The average Bonchev–Trinajstić information content (AvgIpc) is 2.96. The van der Waals surface area contributed by atoms with Crippen LogP contribution in [0.3, 0.4) is 0 Å². The third-order valence-corrected chi connectivity index (χ3v) is 6.62. The quantitative estimate of drug-likeness (QED) is 0.922. The number of halogens is 1. The van der Waals surface area contributed by atoms with E-state index in [9.17, 15) is 22.7 Å². The molecule has 3 unspecified atom stereocenters. The molecule has 0 saturated carbocycles. The molecule has 2 fully saturated rings. The van der Waals surface area contributed by atoms with E-state index in [1.165, 1.54) is 16.4 Å². The Kier molecular flexibility index (Phi) is 3.29. The topological polar surface area (TPSA) is 74.7 Å². The highest BCUT2D eigenvalue weighted by Crippen LogP contribution is 2.45. The van der Waals surface area contributed by atoms with E-state index in [0.29, 0.717) is 24.8 Å². The minimum absolute atomic E-state index is 0.0619. The van der Waals surface area contributed by atoms with Gasteiger partial charge in [0.25, 0.3) is 0 Å². The van der Waals surface area contributed by atoms with E-state index < -0.39 is 33.8 Å². The molecule has 3 atom stereocenters. The zero-order valence-corrected chi connectivity index (χ0v) is 12.3. The van der Waals surface area contributed by atoms with Crippen LogP contribution in [0.1, 0.15) is 24.8 Å². The van der Waals surface area contributed by atoms with Gasteiger partial charge in [0.05, 0.1) is 10.8 Å². The molecule has 7 heteroatoms. The van der Waals surface area contributed by atoms with Crippen molar-refractivity contribution in [2.45, 2.75) is 43.2 Å².